The molecule has 2 N–H and O–H groups in total. The van der Waals surface area contributed by atoms with Crippen molar-refractivity contribution in [1.82, 2.24) is 0 Å². The van der Waals surface area contributed by atoms with Crippen LogP contribution in [0.1, 0.15) is 37.2 Å². The average Bonchev–Trinajstić information content (AvgIpc) is 2.88. The highest BCUT2D eigenvalue weighted by Crippen LogP contribution is 2.41. The highest BCUT2D eigenvalue weighted by molar-refractivity contribution is 5.97. The lowest BCUT2D eigenvalue weighted by atomic mass is 9.98. The Morgan fingerprint density at radius 2 is 1.11 bits per heavy atom. The van der Waals surface area contributed by atoms with E-state index in [0.29, 0.717) is 37.2 Å². The van der Waals surface area contributed by atoms with Gasteiger partial charge in [-0.05, 0) is 37.1 Å². The number of ether oxygens (including phenoxy) is 2. The van der Waals surface area contributed by atoms with Crippen molar-refractivity contribution in [2.45, 2.75) is 38.5 Å². The fraction of sp³-hybridized carbons (Fsp3) is 0.286. The summed E-state index contributed by atoms with van der Waals surface area (Å²) in [5.74, 6) is -0.838. The molecule has 10 heteroatoms. The molecule has 2 aromatic heterocycles. The third kappa shape index (κ3) is 5.39. The second-order valence-electron chi connectivity index (χ2n) is 8.68. The summed E-state index contributed by atoms with van der Waals surface area (Å²) < 4.78 is 20.7. The molecule has 4 rings (SSSR count). The first-order valence-electron chi connectivity index (χ1n) is 11.9. The highest BCUT2D eigenvalue weighted by atomic mass is 16.5. The minimum Gasteiger partial charge on any atom is -0.506 e. The van der Waals surface area contributed by atoms with E-state index in [0.717, 1.165) is 0 Å². The van der Waals surface area contributed by atoms with E-state index in [1.54, 1.807) is 0 Å². The monoisotopic (exact) mass is 522 g/mol. The zero-order chi connectivity index (χ0) is 27.4. The van der Waals surface area contributed by atoms with Gasteiger partial charge >= 0.3 is 11.9 Å². The van der Waals surface area contributed by atoms with Gasteiger partial charge in [-0.2, -0.15) is 0 Å². The van der Waals surface area contributed by atoms with Crippen molar-refractivity contribution in [3.05, 3.63) is 68.4 Å². The lowest BCUT2D eigenvalue weighted by molar-refractivity contribution is -0.141. The van der Waals surface area contributed by atoms with Crippen LogP contribution in [-0.2, 0) is 31.9 Å². The zero-order valence-corrected chi connectivity index (χ0v) is 20.9. The quantitative estimate of drug-likeness (QED) is 0.309. The standard InChI is InChI=1S/C28H26O10/c1-35-23(31)7-3-5-15-13-19(29)25-21(37-15)11-9-17(27(25)33)18-10-12-22-26(28(18)34)20(30)14-16(38-22)6-4-8-24(32)36-2/h9-14,33-34H,3-8H2,1-2H3. The largest absolute Gasteiger partial charge is 0.506 e. The van der Waals surface area contributed by atoms with Crippen LogP contribution in [0.15, 0.2) is 54.8 Å². The van der Waals surface area contributed by atoms with E-state index in [-0.39, 0.29) is 57.8 Å². The Kier molecular flexibility index (Phi) is 7.80. The summed E-state index contributed by atoms with van der Waals surface area (Å²) in [5.41, 5.74) is -0.440. The molecule has 38 heavy (non-hydrogen) atoms. The number of esters is 2. The maximum absolute atomic E-state index is 12.8. The molecule has 0 radical (unpaired) electrons. The molecule has 10 nitrogen and oxygen atoms in total. The molecular formula is C28H26O10. The van der Waals surface area contributed by atoms with Crippen molar-refractivity contribution in [3.8, 4) is 22.6 Å². The maximum Gasteiger partial charge on any atom is 0.305 e. The van der Waals surface area contributed by atoms with E-state index in [2.05, 4.69) is 9.47 Å². The van der Waals surface area contributed by atoms with Crippen LogP contribution in [0.4, 0.5) is 0 Å². The molecule has 0 fully saturated rings. The highest BCUT2D eigenvalue weighted by Gasteiger charge is 2.20. The van der Waals surface area contributed by atoms with Crippen molar-refractivity contribution in [2.24, 2.45) is 0 Å². The van der Waals surface area contributed by atoms with Crippen LogP contribution in [0.5, 0.6) is 11.5 Å². The predicted octanol–water partition coefficient (Wildman–Crippen LogP) is 3.97. The Morgan fingerprint density at radius 1 is 0.711 bits per heavy atom. The van der Waals surface area contributed by atoms with Crippen molar-refractivity contribution in [3.63, 3.8) is 0 Å². The lowest BCUT2D eigenvalue weighted by Crippen LogP contribution is -2.06. The number of aromatic hydroxyl groups is 2. The molecule has 0 saturated carbocycles. The summed E-state index contributed by atoms with van der Waals surface area (Å²) in [6.45, 7) is 0. The molecule has 198 valence electrons. The van der Waals surface area contributed by atoms with Gasteiger partial charge in [-0.15, -0.1) is 0 Å². The summed E-state index contributed by atoms with van der Waals surface area (Å²) in [5, 5.41) is 21.8. The summed E-state index contributed by atoms with van der Waals surface area (Å²) in [7, 11) is 2.60. The van der Waals surface area contributed by atoms with E-state index in [1.165, 1.54) is 50.6 Å². The van der Waals surface area contributed by atoms with E-state index >= 15 is 0 Å². The molecule has 0 atom stereocenters. The van der Waals surface area contributed by atoms with Crippen molar-refractivity contribution >= 4 is 33.9 Å². The summed E-state index contributed by atoms with van der Waals surface area (Å²) in [6, 6.07) is 8.43. The third-order valence-corrected chi connectivity index (χ3v) is 6.19. The Hall–Kier alpha value is -4.60. The number of methoxy groups -OCH3 is 2. The van der Waals surface area contributed by atoms with Crippen LogP contribution in [0.2, 0.25) is 0 Å². The Labute approximate surface area is 216 Å². The first kappa shape index (κ1) is 26.5. The van der Waals surface area contributed by atoms with Crippen molar-refractivity contribution in [2.75, 3.05) is 14.2 Å². The SMILES string of the molecule is COC(=O)CCCc1cc(=O)c2c(O)c(-c3ccc4oc(CCCC(=O)OC)cc(=O)c4c3O)ccc2o1. The number of benzene rings is 2. The number of fused-ring (bicyclic) bond motifs is 2. The zero-order valence-electron chi connectivity index (χ0n) is 20.9. The van der Waals surface area contributed by atoms with Gasteiger partial charge in [-0.1, -0.05) is 0 Å². The third-order valence-electron chi connectivity index (χ3n) is 6.19. The van der Waals surface area contributed by atoms with Gasteiger partial charge in [0.25, 0.3) is 0 Å². The van der Waals surface area contributed by atoms with Gasteiger partial charge in [-0.3, -0.25) is 19.2 Å². The van der Waals surface area contributed by atoms with Crippen LogP contribution in [0, 0.1) is 0 Å². The van der Waals surface area contributed by atoms with Crippen LogP contribution in [0.3, 0.4) is 0 Å². The first-order valence-corrected chi connectivity index (χ1v) is 11.9. The average molecular weight is 523 g/mol. The minimum absolute atomic E-state index is 0.0771. The summed E-state index contributed by atoms with van der Waals surface area (Å²) in [6.07, 6.45) is 1.85. The Bertz CT molecular complexity index is 1520. The molecule has 0 amide bonds. The van der Waals surface area contributed by atoms with Crippen LogP contribution in [0.25, 0.3) is 33.1 Å². The van der Waals surface area contributed by atoms with Gasteiger partial charge < -0.3 is 28.5 Å². The molecule has 0 bridgehead atoms. The second-order valence-corrected chi connectivity index (χ2v) is 8.68. The molecule has 0 aliphatic heterocycles. The molecule has 4 aromatic rings. The van der Waals surface area contributed by atoms with Crippen molar-refractivity contribution in [1.29, 1.82) is 0 Å². The number of hydrogen-bond acceptors (Lipinski definition) is 10. The molecule has 0 saturated heterocycles. The predicted molar refractivity (Wildman–Crippen MR) is 137 cm³/mol. The fourth-order valence-corrected chi connectivity index (χ4v) is 4.27. The van der Waals surface area contributed by atoms with Gasteiger partial charge in [0.2, 0.25) is 0 Å². The Balaban J connectivity index is 1.67. The van der Waals surface area contributed by atoms with Gasteiger partial charge in [0.1, 0.15) is 45.0 Å². The van der Waals surface area contributed by atoms with Crippen LogP contribution < -0.4 is 10.9 Å². The van der Waals surface area contributed by atoms with E-state index in [1.807, 2.05) is 0 Å². The molecule has 2 heterocycles. The van der Waals surface area contributed by atoms with E-state index in [4.69, 9.17) is 8.83 Å². The smallest absolute Gasteiger partial charge is 0.305 e. The second kappa shape index (κ2) is 11.2. The number of rotatable bonds is 9. The van der Waals surface area contributed by atoms with Gasteiger partial charge in [-0.25, -0.2) is 0 Å². The van der Waals surface area contributed by atoms with Gasteiger partial charge in [0, 0.05) is 48.9 Å². The molecule has 0 aliphatic carbocycles. The maximum atomic E-state index is 12.8. The molecule has 2 aromatic carbocycles. The van der Waals surface area contributed by atoms with Crippen molar-refractivity contribution < 1.29 is 38.1 Å². The number of phenols is 2. The number of hydrogen-bond donors (Lipinski definition) is 2. The number of carbonyl (C=O) groups excluding carboxylic acids is 2. The topological polar surface area (TPSA) is 153 Å². The summed E-state index contributed by atoms with van der Waals surface area (Å²) in [4.78, 5) is 48.3. The van der Waals surface area contributed by atoms with Gasteiger partial charge in [0.05, 0.1) is 14.2 Å². The van der Waals surface area contributed by atoms with Gasteiger partial charge in [0.15, 0.2) is 10.9 Å². The Morgan fingerprint density at radius 3 is 1.47 bits per heavy atom. The van der Waals surface area contributed by atoms with Crippen LogP contribution >= 0.6 is 0 Å². The van der Waals surface area contributed by atoms with E-state index < -0.39 is 22.4 Å². The molecule has 0 aliphatic rings. The molecular weight excluding hydrogens is 496 g/mol. The van der Waals surface area contributed by atoms with Crippen LogP contribution in [-0.4, -0.2) is 36.4 Å². The number of phenolic OH excluding ortho intramolecular Hbond substituents is 2. The number of aryl methyl sites for hydroxylation is 2. The lowest BCUT2D eigenvalue weighted by Gasteiger charge is -2.12. The summed E-state index contributed by atoms with van der Waals surface area (Å²) >= 11 is 0. The minimum atomic E-state index is -0.491. The molecule has 0 unspecified atom stereocenters. The van der Waals surface area contributed by atoms with E-state index in [9.17, 15) is 29.4 Å². The normalized spacial score (nSPS) is 11.1. The molecule has 0 spiro atoms. The fourth-order valence-electron chi connectivity index (χ4n) is 4.27. The first-order chi connectivity index (χ1) is 18.2. The number of carbonyl (C=O) groups is 2.